The van der Waals surface area contributed by atoms with Gasteiger partial charge in [-0.1, -0.05) is 56.0 Å². The fourth-order valence-electron chi connectivity index (χ4n) is 3.70. The van der Waals surface area contributed by atoms with Crippen LogP contribution in [0.4, 0.5) is 0 Å². The lowest BCUT2D eigenvalue weighted by Gasteiger charge is -2.14. The van der Waals surface area contributed by atoms with Crippen molar-refractivity contribution in [1.82, 2.24) is 15.3 Å². The normalized spacial score (nSPS) is 15.3. The molecule has 0 saturated heterocycles. The number of nitriles is 1. The lowest BCUT2D eigenvalue weighted by molar-refractivity contribution is 0.572. The molecule has 4 heteroatoms. The minimum atomic E-state index is 0.332. The molecule has 136 valence electrons. The van der Waals surface area contributed by atoms with Crippen LogP contribution in [0.2, 0.25) is 0 Å². The van der Waals surface area contributed by atoms with Crippen molar-refractivity contribution in [3.8, 4) is 6.07 Å². The second-order valence-electron chi connectivity index (χ2n) is 7.17. The molecule has 0 atom stereocenters. The molecule has 2 aromatic rings. The third-order valence-corrected chi connectivity index (χ3v) is 5.13. The van der Waals surface area contributed by atoms with Gasteiger partial charge in [-0.05, 0) is 43.9 Å². The van der Waals surface area contributed by atoms with E-state index in [4.69, 9.17) is 0 Å². The van der Waals surface area contributed by atoms with E-state index in [1.165, 1.54) is 44.1 Å². The first-order valence-corrected chi connectivity index (χ1v) is 9.88. The van der Waals surface area contributed by atoms with Crippen molar-refractivity contribution >= 4 is 0 Å². The smallest absolute Gasteiger partial charge is 0.232 e. The number of nitrogens with zero attached hydrogens (tertiary/aromatic N) is 3. The highest BCUT2D eigenvalue weighted by molar-refractivity contribution is 5.21. The van der Waals surface area contributed by atoms with E-state index in [0.717, 1.165) is 37.3 Å². The molecule has 0 amide bonds. The highest BCUT2D eigenvalue weighted by atomic mass is 14.9. The summed E-state index contributed by atoms with van der Waals surface area (Å²) in [6.45, 7) is 1.83. The summed E-state index contributed by atoms with van der Waals surface area (Å²) in [6, 6.07) is 14.7. The first-order chi connectivity index (χ1) is 12.8. The quantitative estimate of drug-likeness (QED) is 0.591. The molecule has 3 rings (SSSR count). The first kappa shape index (κ1) is 18.5. The lowest BCUT2D eigenvalue weighted by atomic mass is 9.95. The second-order valence-corrected chi connectivity index (χ2v) is 7.17. The maximum atomic E-state index is 9.29. The number of nitrogens with one attached hydrogen (secondary N) is 1. The molecule has 1 heterocycles. The fourth-order valence-corrected chi connectivity index (χ4v) is 3.70. The molecule has 1 aromatic carbocycles. The molecule has 1 fully saturated rings. The summed E-state index contributed by atoms with van der Waals surface area (Å²) in [4.78, 5) is 8.94. The van der Waals surface area contributed by atoms with Crippen LogP contribution < -0.4 is 5.32 Å². The predicted octanol–water partition coefficient (Wildman–Crippen LogP) is 4.51. The Hall–Kier alpha value is -2.25. The van der Waals surface area contributed by atoms with Gasteiger partial charge in [-0.3, -0.25) is 0 Å². The van der Waals surface area contributed by atoms with E-state index >= 15 is 0 Å². The summed E-state index contributed by atoms with van der Waals surface area (Å²) in [6.07, 6.45) is 9.49. The summed E-state index contributed by atoms with van der Waals surface area (Å²) in [7, 11) is 0. The summed E-state index contributed by atoms with van der Waals surface area (Å²) in [5.74, 6) is 0.835. The monoisotopic (exact) mass is 348 g/mol. The van der Waals surface area contributed by atoms with Crippen LogP contribution in [0, 0.1) is 11.3 Å². The molecule has 0 radical (unpaired) electrons. The Balaban J connectivity index is 1.53. The predicted molar refractivity (Wildman–Crippen MR) is 104 cm³/mol. The van der Waals surface area contributed by atoms with E-state index in [9.17, 15) is 5.26 Å². The number of rotatable bonds is 7. The van der Waals surface area contributed by atoms with Crippen LogP contribution in [0.25, 0.3) is 0 Å². The van der Waals surface area contributed by atoms with Gasteiger partial charge in [0, 0.05) is 23.9 Å². The average Bonchev–Trinajstić information content (AvgIpc) is 2.98. The SMILES string of the molecule is N#Cc1nc(CCCNCc2ccccc2)cc(C2CCCCCC2)n1. The van der Waals surface area contributed by atoms with Gasteiger partial charge < -0.3 is 5.32 Å². The molecule has 1 saturated carbocycles. The van der Waals surface area contributed by atoms with Crippen LogP contribution in [-0.4, -0.2) is 16.5 Å². The van der Waals surface area contributed by atoms with Crippen LogP contribution in [-0.2, 0) is 13.0 Å². The molecular formula is C22H28N4. The van der Waals surface area contributed by atoms with Crippen molar-refractivity contribution in [1.29, 1.82) is 5.26 Å². The zero-order valence-corrected chi connectivity index (χ0v) is 15.5. The van der Waals surface area contributed by atoms with Gasteiger partial charge in [0.25, 0.3) is 0 Å². The first-order valence-electron chi connectivity index (χ1n) is 9.88. The third-order valence-electron chi connectivity index (χ3n) is 5.13. The Morgan fingerprint density at radius 2 is 1.81 bits per heavy atom. The zero-order valence-electron chi connectivity index (χ0n) is 15.5. The number of aromatic nitrogens is 2. The Morgan fingerprint density at radius 1 is 1.04 bits per heavy atom. The van der Waals surface area contributed by atoms with Crippen molar-refractivity contribution in [2.75, 3.05) is 6.54 Å². The van der Waals surface area contributed by atoms with E-state index in [1.54, 1.807) is 0 Å². The highest BCUT2D eigenvalue weighted by Gasteiger charge is 2.17. The standard InChI is InChI=1S/C22H28N4/c23-16-22-25-20(13-8-14-24-17-18-9-4-3-5-10-18)15-21(26-22)19-11-6-1-2-7-12-19/h3-5,9-10,15,19,24H,1-2,6-8,11-14,17H2. The Morgan fingerprint density at radius 3 is 2.54 bits per heavy atom. The number of aryl methyl sites for hydroxylation is 1. The van der Waals surface area contributed by atoms with Crippen molar-refractivity contribution < 1.29 is 0 Å². The van der Waals surface area contributed by atoms with Gasteiger partial charge in [0.05, 0.1) is 0 Å². The summed E-state index contributed by atoms with van der Waals surface area (Å²) in [5, 5.41) is 12.8. The third kappa shape index (κ3) is 5.64. The van der Waals surface area contributed by atoms with Crippen LogP contribution in [0.15, 0.2) is 36.4 Å². The molecule has 1 N–H and O–H groups in total. The lowest BCUT2D eigenvalue weighted by Crippen LogP contribution is -2.15. The Kier molecular flexibility index (Phi) is 7.15. The van der Waals surface area contributed by atoms with E-state index in [1.807, 2.05) is 6.07 Å². The molecule has 4 nitrogen and oxygen atoms in total. The topological polar surface area (TPSA) is 61.6 Å². The van der Waals surface area contributed by atoms with E-state index in [-0.39, 0.29) is 0 Å². The van der Waals surface area contributed by atoms with Gasteiger partial charge in [-0.15, -0.1) is 0 Å². The van der Waals surface area contributed by atoms with Gasteiger partial charge in [-0.2, -0.15) is 5.26 Å². The molecular weight excluding hydrogens is 320 g/mol. The van der Waals surface area contributed by atoms with Crippen molar-refractivity contribution in [3.63, 3.8) is 0 Å². The van der Waals surface area contributed by atoms with Crippen molar-refractivity contribution in [3.05, 3.63) is 59.2 Å². The molecule has 0 unspecified atom stereocenters. The minimum Gasteiger partial charge on any atom is -0.313 e. The number of benzene rings is 1. The van der Waals surface area contributed by atoms with Crippen molar-refractivity contribution in [2.24, 2.45) is 0 Å². The minimum absolute atomic E-state index is 0.332. The van der Waals surface area contributed by atoms with E-state index in [0.29, 0.717) is 11.7 Å². The maximum absolute atomic E-state index is 9.29. The maximum Gasteiger partial charge on any atom is 0.232 e. The Labute approximate surface area is 156 Å². The summed E-state index contributed by atoms with van der Waals surface area (Å²) in [5.41, 5.74) is 3.40. The second kappa shape index (κ2) is 10.0. The molecule has 0 bridgehead atoms. The van der Waals surface area contributed by atoms with E-state index < -0.39 is 0 Å². The van der Waals surface area contributed by atoms with Crippen molar-refractivity contribution in [2.45, 2.75) is 63.8 Å². The molecule has 1 aliphatic carbocycles. The van der Waals surface area contributed by atoms with Gasteiger partial charge in [0.1, 0.15) is 6.07 Å². The summed E-state index contributed by atoms with van der Waals surface area (Å²) >= 11 is 0. The average molecular weight is 348 g/mol. The summed E-state index contributed by atoms with van der Waals surface area (Å²) < 4.78 is 0. The highest BCUT2D eigenvalue weighted by Crippen LogP contribution is 2.30. The van der Waals surface area contributed by atoms with Crippen LogP contribution in [0.1, 0.15) is 73.6 Å². The zero-order chi connectivity index (χ0) is 18.0. The number of hydrogen-bond acceptors (Lipinski definition) is 4. The van der Waals surface area contributed by atoms with Gasteiger partial charge >= 0.3 is 0 Å². The molecule has 1 aromatic heterocycles. The van der Waals surface area contributed by atoms with E-state index in [2.05, 4.69) is 51.7 Å². The van der Waals surface area contributed by atoms with Gasteiger partial charge in [-0.25, -0.2) is 9.97 Å². The van der Waals surface area contributed by atoms with Gasteiger partial charge in [0.15, 0.2) is 0 Å². The van der Waals surface area contributed by atoms with Gasteiger partial charge in [0.2, 0.25) is 5.82 Å². The molecule has 0 aliphatic heterocycles. The fraction of sp³-hybridized carbons (Fsp3) is 0.500. The van der Waals surface area contributed by atoms with Crippen LogP contribution in [0.3, 0.4) is 0 Å². The largest absolute Gasteiger partial charge is 0.313 e. The molecule has 26 heavy (non-hydrogen) atoms. The Bertz CT molecular complexity index is 713. The van der Waals surface area contributed by atoms with Crippen LogP contribution >= 0.6 is 0 Å². The molecule has 1 aliphatic rings. The number of hydrogen-bond donors (Lipinski definition) is 1. The molecule has 0 spiro atoms. The van der Waals surface area contributed by atoms with Crippen LogP contribution in [0.5, 0.6) is 0 Å².